The molecule has 0 heterocycles. The SMILES string of the molecule is Cc1c(-c2ccccc2)cc2ccc(Br)cc2c1C(=O)Nc1ccc(C#N)cc1F. The van der Waals surface area contributed by atoms with Crippen LogP contribution in [0.4, 0.5) is 10.1 Å². The highest BCUT2D eigenvalue weighted by Gasteiger charge is 2.19. The number of halogens is 2. The topological polar surface area (TPSA) is 52.9 Å². The maximum absolute atomic E-state index is 14.4. The Labute approximate surface area is 181 Å². The van der Waals surface area contributed by atoms with Crippen molar-refractivity contribution in [2.75, 3.05) is 5.32 Å². The van der Waals surface area contributed by atoms with Crippen molar-refractivity contribution in [2.45, 2.75) is 6.92 Å². The number of anilines is 1. The first kappa shape index (κ1) is 19.8. The maximum Gasteiger partial charge on any atom is 0.256 e. The van der Waals surface area contributed by atoms with Crippen LogP contribution in [-0.4, -0.2) is 5.91 Å². The molecule has 0 atom stereocenters. The monoisotopic (exact) mass is 458 g/mol. The van der Waals surface area contributed by atoms with Crippen LogP contribution in [-0.2, 0) is 0 Å². The fraction of sp³-hybridized carbons (Fsp3) is 0.0400. The van der Waals surface area contributed by atoms with Gasteiger partial charge in [-0.2, -0.15) is 5.26 Å². The number of hydrogen-bond donors (Lipinski definition) is 1. The van der Waals surface area contributed by atoms with Gasteiger partial charge in [-0.1, -0.05) is 52.3 Å². The van der Waals surface area contributed by atoms with E-state index in [1.807, 2.05) is 61.5 Å². The highest BCUT2D eigenvalue weighted by atomic mass is 79.9. The van der Waals surface area contributed by atoms with E-state index in [1.165, 1.54) is 12.1 Å². The molecule has 0 aromatic heterocycles. The molecule has 146 valence electrons. The molecule has 4 aromatic carbocycles. The first-order chi connectivity index (χ1) is 14.5. The van der Waals surface area contributed by atoms with Crippen LogP contribution in [0.3, 0.4) is 0 Å². The van der Waals surface area contributed by atoms with Crippen molar-refractivity contribution in [2.24, 2.45) is 0 Å². The number of rotatable bonds is 3. The summed E-state index contributed by atoms with van der Waals surface area (Å²) >= 11 is 3.48. The second kappa shape index (κ2) is 8.10. The summed E-state index contributed by atoms with van der Waals surface area (Å²) in [5.41, 5.74) is 3.46. The lowest BCUT2D eigenvalue weighted by Crippen LogP contribution is -2.15. The van der Waals surface area contributed by atoms with Gasteiger partial charge in [0.15, 0.2) is 0 Å². The standard InChI is InChI=1S/C25H16BrFN2O/c1-15-20(17-5-3-2-4-6-17)12-18-8-9-19(26)13-21(18)24(15)25(30)29-23-10-7-16(14-28)11-22(23)27/h2-13H,1H3,(H,29,30). The van der Waals surface area contributed by atoms with E-state index in [9.17, 15) is 9.18 Å². The van der Waals surface area contributed by atoms with Crippen molar-refractivity contribution >= 4 is 38.3 Å². The summed E-state index contributed by atoms with van der Waals surface area (Å²) in [7, 11) is 0. The molecule has 0 radical (unpaired) electrons. The molecule has 4 aromatic rings. The van der Waals surface area contributed by atoms with Gasteiger partial charge in [-0.3, -0.25) is 4.79 Å². The molecule has 0 saturated heterocycles. The van der Waals surface area contributed by atoms with Crippen LogP contribution in [0.15, 0.2) is 77.3 Å². The summed E-state index contributed by atoms with van der Waals surface area (Å²) in [5, 5.41) is 13.3. The van der Waals surface area contributed by atoms with Crippen LogP contribution in [0.2, 0.25) is 0 Å². The molecule has 0 unspecified atom stereocenters. The van der Waals surface area contributed by atoms with Crippen LogP contribution >= 0.6 is 15.9 Å². The zero-order chi connectivity index (χ0) is 21.3. The lowest BCUT2D eigenvalue weighted by Gasteiger charge is -2.16. The van der Waals surface area contributed by atoms with Gasteiger partial charge >= 0.3 is 0 Å². The van der Waals surface area contributed by atoms with E-state index in [-0.39, 0.29) is 11.3 Å². The van der Waals surface area contributed by atoms with Gasteiger partial charge in [0, 0.05) is 4.47 Å². The minimum Gasteiger partial charge on any atom is -0.319 e. The summed E-state index contributed by atoms with van der Waals surface area (Å²) in [6.45, 7) is 1.90. The largest absolute Gasteiger partial charge is 0.319 e. The second-order valence-corrected chi connectivity index (χ2v) is 7.83. The summed E-state index contributed by atoms with van der Waals surface area (Å²) in [4.78, 5) is 13.3. The molecule has 1 amide bonds. The molecule has 0 aliphatic rings. The number of nitrogens with zero attached hydrogens (tertiary/aromatic N) is 1. The van der Waals surface area contributed by atoms with E-state index >= 15 is 0 Å². The van der Waals surface area contributed by atoms with E-state index < -0.39 is 11.7 Å². The molecule has 0 bridgehead atoms. The van der Waals surface area contributed by atoms with Crippen LogP contribution in [0, 0.1) is 24.1 Å². The van der Waals surface area contributed by atoms with Gasteiger partial charge in [0.1, 0.15) is 5.82 Å². The van der Waals surface area contributed by atoms with Gasteiger partial charge in [-0.25, -0.2) is 4.39 Å². The molecule has 0 spiro atoms. The Balaban J connectivity index is 1.88. The van der Waals surface area contributed by atoms with E-state index in [0.717, 1.165) is 38.0 Å². The lowest BCUT2D eigenvalue weighted by molar-refractivity contribution is 0.102. The number of benzene rings is 4. The zero-order valence-corrected chi connectivity index (χ0v) is 17.6. The van der Waals surface area contributed by atoms with Crippen LogP contribution < -0.4 is 5.32 Å². The molecule has 4 rings (SSSR count). The van der Waals surface area contributed by atoms with Crippen molar-refractivity contribution in [1.29, 1.82) is 5.26 Å². The lowest BCUT2D eigenvalue weighted by atomic mass is 9.91. The first-order valence-corrected chi connectivity index (χ1v) is 10.1. The minimum absolute atomic E-state index is 0.0339. The highest BCUT2D eigenvalue weighted by molar-refractivity contribution is 9.10. The van der Waals surface area contributed by atoms with Gasteiger partial charge in [0.2, 0.25) is 0 Å². The first-order valence-electron chi connectivity index (χ1n) is 9.27. The number of carbonyl (C=O) groups is 1. The third kappa shape index (κ3) is 3.70. The molecule has 1 N–H and O–H groups in total. The second-order valence-electron chi connectivity index (χ2n) is 6.92. The van der Waals surface area contributed by atoms with Crippen LogP contribution in [0.25, 0.3) is 21.9 Å². The van der Waals surface area contributed by atoms with Crippen molar-refractivity contribution in [1.82, 2.24) is 0 Å². The Morgan fingerprint density at radius 3 is 2.50 bits per heavy atom. The number of nitriles is 1. The Kier molecular flexibility index (Phi) is 5.35. The van der Waals surface area contributed by atoms with Gasteiger partial charge in [0.25, 0.3) is 5.91 Å². The van der Waals surface area contributed by atoms with E-state index in [1.54, 1.807) is 0 Å². The summed E-state index contributed by atoms with van der Waals surface area (Å²) in [6.07, 6.45) is 0. The third-order valence-corrected chi connectivity index (χ3v) is 5.52. The predicted octanol–water partition coefficient (Wildman–Crippen LogP) is 6.84. The van der Waals surface area contributed by atoms with Crippen molar-refractivity contribution in [3.8, 4) is 17.2 Å². The number of fused-ring (bicyclic) bond motifs is 1. The molecule has 0 fully saturated rings. The summed E-state index contributed by atoms with van der Waals surface area (Å²) in [5.74, 6) is -1.05. The quantitative estimate of drug-likeness (QED) is 0.365. The summed E-state index contributed by atoms with van der Waals surface area (Å²) in [6, 6.07) is 23.5. The van der Waals surface area contributed by atoms with Crippen LogP contribution in [0.1, 0.15) is 21.5 Å². The number of hydrogen-bond acceptors (Lipinski definition) is 2. The van der Waals surface area contributed by atoms with E-state index in [0.29, 0.717) is 5.56 Å². The van der Waals surface area contributed by atoms with Crippen molar-refractivity contribution in [3.05, 3.63) is 99.8 Å². The van der Waals surface area contributed by atoms with Crippen molar-refractivity contribution < 1.29 is 9.18 Å². The van der Waals surface area contributed by atoms with E-state index in [2.05, 4.69) is 27.3 Å². The fourth-order valence-electron chi connectivity index (χ4n) is 3.55. The third-order valence-electron chi connectivity index (χ3n) is 5.02. The van der Waals surface area contributed by atoms with Gasteiger partial charge in [-0.05, 0) is 70.8 Å². The highest BCUT2D eigenvalue weighted by Crippen LogP contribution is 2.34. The van der Waals surface area contributed by atoms with Gasteiger partial charge < -0.3 is 5.32 Å². The molecule has 0 aliphatic heterocycles. The fourth-order valence-corrected chi connectivity index (χ4v) is 3.91. The smallest absolute Gasteiger partial charge is 0.256 e. The molecule has 0 saturated carbocycles. The Bertz CT molecular complexity index is 1330. The minimum atomic E-state index is -0.648. The number of nitrogens with one attached hydrogen (secondary N) is 1. The van der Waals surface area contributed by atoms with Gasteiger partial charge in [-0.15, -0.1) is 0 Å². The number of carbonyl (C=O) groups excluding carboxylic acids is 1. The average molecular weight is 459 g/mol. The summed E-state index contributed by atoms with van der Waals surface area (Å²) < 4.78 is 15.2. The Morgan fingerprint density at radius 2 is 1.80 bits per heavy atom. The van der Waals surface area contributed by atoms with Crippen molar-refractivity contribution in [3.63, 3.8) is 0 Å². The Hall–Kier alpha value is -3.49. The molecular formula is C25H16BrFN2O. The molecular weight excluding hydrogens is 443 g/mol. The maximum atomic E-state index is 14.4. The molecule has 3 nitrogen and oxygen atoms in total. The Morgan fingerprint density at radius 1 is 1.03 bits per heavy atom. The van der Waals surface area contributed by atoms with Crippen LogP contribution in [0.5, 0.6) is 0 Å². The number of amides is 1. The molecule has 30 heavy (non-hydrogen) atoms. The predicted molar refractivity (Wildman–Crippen MR) is 121 cm³/mol. The van der Waals surface area contributed by atoms with Gasteiger partial charge in [0.05, 0.1) is 22.9 Å². The zero-order valence-electron chi connectivity index (χ0n) is 16.0. The normalized spacial score (nSPS) is 10.6. The average Bonchev–Trinajstić information content (AvgIpc) is 2.75. The molecule has 0 aliphatic carbocycles. The molecule has 5 heteroatoms. The van der Waals surface area contributed by atoms with E-state index in [4.69, 9.17) is 5.26 Å².